The van der Waals surface area contributed by atoms with Gasteiger partial charge in [0.15, 0.2) is 5.17 Å². The molecule has 0 saturated heterocycles. The molecule has 1 aromatic carbocycles. The van der Waals surface area contributed by atoms with E-state index in [0.29, 0.717) is 5.17 Å². The van der Waals surface area contributed by atoms with Gasteiger partial charge in [-0.2, -0.15) is 0 Å². The van der Waals surface area contributed by atoms with Gasteiger partial charge < -0.3 is 10.6 Å². The third-order valence-corrected chi connectivity index (χ3v) is 2.92. The van der Waals surface area contributed by atoms with Crippen molar-refractivity contribution >= 4 is 28.5 Å². The minimum atomic E-state index is -0.903. The Hall–Kier alpha value is -1.49. The molecule has 1 aliphatic rings. The number of carbonyl (C=O) groups is 1. The minimum absolute atomic E-state index is 0.124. The van der Waals surface area contributed by atoms with Crippen molar-refractivity contribution in [2.75, 3.05) is 11.6 Å². The standard InChI is InChI=1S/C11H13N3OS/c1-11(9(15)12-10(14-11)16-2)13-8-6-4-3-5-7-8/h3-7,13H,1-2H3,(H,12,14,15). The lowest BCUT2D eigenvalue weighted by atomic mass is 10.2. The second-order valence-corrected chi connectivity index (χ2v) is 4.43. The van der Waals surface area contributed by atoms with Crippen molar-refractivity contribution in [3.8, 4) is 0 Å². The van der Waals surface area contributed by atoms with Crippen LogP contribution in [0.2, 0.25) is 0 Å². The van der Waals surface area contributed by atoms with E-state index in [-0.39, 0.29) is 5.91 Å². The number of benzene rings is 1. The molecule has 0 aliphatic carbocycles. The van der Waals surface area contributed by atoms with E-state index < -0.39 is 5.66 Å². The highest BCUT2D eigenvalue weighted by molar-refractivity contribution is 8.13. The molecular weight excluding hydrogens is 222 g/mol. The first-order valence-electron chi connectivity index (χ1n) is 4.92. The summed E-state index contributed by atoms with van der Waals surface area (Å²) in [5.74, 6) is -0.124. The maximum Gasteiger partial charge on any atom is 0.274 e. The quantitative estimate of drug-likeness (QED) is 0.819. The summed E-state index contributed by atoms with van der Waals surface area (Å²) in [6, 6.07) is 9.57. The molecule has 1 atom stereocenters. The Kier molecular flexibility index (Phi) is 2.87. The molecule has 1 unspecified atom stereocenters. The number of carbonyl (C=O) groups excluding carboxylic acids is 1. The van der Waals surface area contributed by atoms with Gasteiger partial charge in [0, 0.05) is 5.69 Å². The third kappa shape index (κ3) is 2.04. The fourth-order valence-electron chi connectivity index (χ4n) is 1.48. The molecule has 1 aromatic rings. The normalized spacial score (nSPS) is 23.9. The molecule has 4 nitrogen and oxygen atoms in total. The van der Waals surface area contributed by atoms with Gasteiger partial charge in [-0.3, -0.25) is 4.79 Å². The maximum absolute atomic E-state index is 11.8. The highest BCUT2D eigenvalue weighted by Crippen LogP contribution is 2.22. The Labute approximate surface area is 98.5 Å². The molecule has 2 rings (SSSR count). The number of hydrogen-bond donors (Lipinski definition) is 2. The van der Waals surface area contributed by atoms with Crippen molar-refractivity contribution in [3.05, 3.63) is 30.3 Å². The lowest BCUT2D eigenvalue weighted by Crippen LogP contribution is -2.43. The number of anilines is 1. The molecule has 0 aromatic heterocycles. The predicted octanol–water partition coefficient (Wildman–Crippen LogP) is 1.66. The van der Waals surface area contributed by atoms with Gasteiger partial charge in [0.1, 0.15) is 0 Å². The number of nitrogens with zero attached hydrogens (tertiary/aromatic N) is 1. The van der Waals surface area contributed by atoms with Gasteiger partial charge in [0.2, 0.25) is 5.66 Å². The van der Waals surface area contributed by atoms with E-state index in [1.54, 1.807) is 6.92 Å². The zero-order valence-corrected chi connectivity index (χ0v) is 9.97. The van der Waals surface area contributed by atoms with Crippen LogP contribution in [0.4, 0.5) is 5.69 Å². The first kappa shape index (κ1) is 11.0. The van der Waals surface area contributed by atoms with Crippen molar-refractivity contribution in [3.63, 3.8) is 0 Å². The average molecular weight is 235 g/mol. The van der Waals surface area contributed by atoms with E-state index in [4.69, 9.17) is 0 Å². The summed E-state index contributed by atoms with van der Waals surface area (Å²) in [4.78, 5) is 16.1. The minimum Gasteiger partial charge on any atom is -0.354 e. The van der Waals surface area contributed by atoms with E-state index in [9.17, 15) is 4.79 Å². The van der Waals surface area contributed by atoms with Crippen LogP contribution in [0.25, 0.3) is 0 Å². The monoisotopic (exact) mass is 235 g/mol. The van der Waals surface area contributed by atoms with Crippen molar-refractivity contribution in [1.29, 1.82) is 0 Å². The lowest BCUT2D eigenvalue weighted by molar-refractivity contribution is -0.122. The summed E-state index contributed by atoms with van der Waals surface area (Å²) in [6.07, 6.45) is 1.88. The van der Waals surface area contributed by atoms with Crippen LogP contribution in [-0.2, 0) is 4.79 Å². The van der Waals surface area contributed by atoms with Crippen LogP contribution in [0.1, 0.15) is 6.92 Å². The molecular formula is C11H13N3OS. The Morgan fingerprint density at radius 2 is 2.06 bits per heavy atom. The second-order valence-electron chi connectivity index (χ2n) is 3.64. The number of amides is 1. The summed E-state index contributed by atoms with van der Waals surface area (Å²) >= 11 is 1.43. The Bertz CT molecular complexity index is 432. The largest absolute Gasteiger partial charge is 0.354 e. The van der Waals surface area contributed by atoms with Crippen molar-refractivity contribution in [2.45, 2.75) is 12.6 Å². The molecule has 2 N–H and O–H groups in total. The molecule has 0 radical (unpaired) electrons. The predicted molar refractivity (Wildman–Crippen MR) is 67.6 cm³/mol. The Morgan fingerprint density at radius 1 is 1.38 bits per heavy atom. The van der Waals surface area contributed by atoms with Crippen molar-refractivity contribution in [1.82, 2.24) is 5.32 Å². The summed E-state index contributed by atoms with van der Waals surface area (Å²) in [5, 5.41) is 6.49. The molecule has 0 bridgehead atoms. The summed E-state index contributed by atoms with van der Waals surface area (Å²) in [7, 11) is 0. The van der Waals surface area contributed by atoms with Gasteiger partial charge in [-0.25, -0.2) is 4.99 Å². The smallest absolute Gasteiger partial charge is 0.274 e. The number of para-hydroxylation sites is 1. The third-order valence-electron chi connectivity index (χ3n) is 2.34. The zero-order chi connectivity index (χ0) is 11.6. The van der Waals surface area contributed by atoms with Crippen LogP contribution >= 0.6 is 11.8 Å². The Balaban J connectivity index is 2.21. The van der Waals surface area contributed by atoms with E-state index in [0.717, 1.165) is 5.69 Å². The zero-order valence-electron chi connectivity index (χ0n) is 9.15. The molecule has 1 aliphatic heterocycles. The summed E-state index contributed by atoms with van der Waals surface area (Å²) in [6.45, 7) is 1.76. The van der Waals surface area contributed by atoms with Gasteiger partial charge in [0.05, 0.1) is 0 Å². The van der Waals surface area contributed by atoms with Crippen LogP contribution in [0, 0.1) is 0 Å². The fourth-order valence-corrected chi connectivity index (χ4v) is 1.95. The number of hydrogen-bond acceptors (Lipinski definition) is 4. The van der Waals surface area contributed by atoms with Gasteiger partial charge >= 0.3 is 0 Å². The highest BCUT2D eigenvalue weighted by Gasteiger charge is 2.38. The van der Waals surface area contributed by atoms with Crippen LogP contribution in [0.15, 0.2) is 35.3 Å². The molecule has 0 saturated carbocycles. The number of rotatable bonds is 2. The lowest BCUT2D eigenvalue weighted by Gasteiger charge is -2.20. The van der Waals surface area contributed by atoms with Gasteiger partial charge in [-0.15, -0.1) is 0 Å². The Morgan fingerprint density at radius 3 is 2.62 bits per heavy atom. The van der Waals surface area contributed by atoms with Crippen LogP contribution < -0.4 is 10.6 Å². The molecule has 84 valence electrons. The van der Waals surface area contributed by atoms with Crippen molar-refractivity contribution < 1.29 is 4.79 Å². The summed E-state index contributed by atoms with van der Waals surface area (Å²) in [5.41, 5.74) is -0.0223. The molecule has 1 heterocycles. The van der Waals surface area contributed by atoms with Crippen LogP contribution in [0.3, 0.4) is 0 Å². The first-order valence-corrected chi connectivity index (χ1v) is 6.15. The number of aliphatic imine (C=N–C) groups is 1. The number of nitrogens with one attached hydrogen (secondary N) is 2. The van der Waals surface area contributed by atoms with E-state index in [1.807, 2.05) is 36.6 Å². The maximum atomic E-state index is 11.8. The van der Waals surface area contributed by atoms with E-state index in [1.165, 1.54) is 11.8 Å². The number of amidine groups is 1. The van der Waals surface area contributed by atoms with E-state index in [2.05, 4.69) is 15.6 Å². The SMILES string of the molecule is CSC1=NC(C)(Nc2ccccc2)C(=O)N1. The van der Waals surface area contributed by atoms with Gasteiger partial charge in [-0.05, 0) is 25.3 Å². The van der Waals surface area contributed by atoms with E-state index >= 15 is 0 Å². The topological polar surface area (TPSA) is 53.5 Å². The van der Waals surface area contributed by atoms with Crippen LogP contribution in [-0.4, -0.2) is 23.0 Å². The highest BCUT2D eigenvalue weighted by atomic mass is 32.2. The first-order chi connectivity index (χ1) is 7.64. The van der Waals surface area contributed by atoms with Crippen molar-refractivity contribution in [2.24, 2.45) is 4.99 Å². The van der Waals surface area contributed by atoms with Gasteiger partial charge in [-0.1, -0.05) is 30.0 Å². The average Bonchev–Trinajstić information content (AvgIpc) is 2.56. The molecule has 5 heteroatoms. The molecule has 0 fully saturated rings. The molecule has 1 amide bonds. The second kappa shape index (κ2) is 4.17. The molecule has 16 heavy (non-hydrogen) atoms. The van der Waals surface area contributed by atoms with Gasteiger partial charge in [0.25, 0.3) is 5.91 Å². The van der Waals surface area contributed by atoms with Crippen LogP contribution in [0.5, 0.6) is 0 Å². The summed E-state index contributed by atoms with van der Waals surface area (Å²) < 4.78 is 0. The molecule has 0 spiro atoms. The fraction of sp³-hybridized carbons (Fsp3) is 0.273. The number of thioether (sulfide) groups is 1.